The van der Waals surface area contributed by atoms with Gasteiger partial charge in [0, 0.05) is 18.0 Å². The number of halogens is 1. The summed E-state index contributed by atoms with van der Waals surface area (Å²) in [7, 11) is 0. The fourth-order valence-corrected chi connectivity index (χ4v) is 1.66. The van der Waals surface area contributed by atoms with Crippen LogP contribution in [-0.4, -0.2) is 9.97 Å². The van der Waals surface area contributed by atoms with Gasteiger partial charge in [0.1, 0.15) is 12.1 Å². The molecule has 3 N–H and O–H groups in total. The van der Waals surface area contributed by atoms with Gasteiger partial charge < -0.3 is 0 Å². The van der Waals surface area contributed by atoms with Crippen LogP contribution in [0.25, 0.3) is 0 Å². The van der Waals surface area contributed by atoms with Crippen molar-refractivity contribution in [2.45, 2.75) is 12.5 Å². The zero-order valence-electron chi connectivity index (χ0n) is 9.18. The summed E-state index contributed by atoms with van der Waals surface area (Å²) in [5.41, 5.74) is 4.43. The van der Waals surface area contributed by atoms with Crippen LogP contribution in [0.4, 0.5) is 4.39 Å². The molecule has 2 aromatic rings. The molecule has 2 rings (SSSR count). The van der Waals surface area contributed by atoms with Gasteiger partial charge >= 0.3 is 0 Å². The molecule has 0 aliphatic rings. The van der Waals surface area contributed by atoms with Crippen molar-refractivity contribution in [2.75, 3.05) is 0 Å². The van der Waals surface area contributed by atoms with Crippen LogP contribution >= 0.6 is 0 Å². The standard InChI is InChI=1S/C12H13FN4/c13-11-3-1-2-9(4-11)5-12(17-14)10-6-15-8-16-7-10/h1-4,6-8,12,17H,5,14H2. The van der Waals surface area contributed by atoms with E-state index in [-0.39, 0.29) is 11.9 Å². The summed E-state index contributed by atoms with van der Waals surface area (Å²) >= 11 is 0. The van der Waals surface area contributed by atoms with Crippen LogP contribution in [0.5, 0.6) is 0 Å². The van der Waals surface area contributed by atoms with E-state index in [4.69, 9.17) is 5.84 Å². The van der Waals surface area contributed by atoms with E-state index in [2.05, 4.69) is 15.4 Å². The van der Waals surface area contributed by atoms with E-state index in [1.807, 2.05) is 6.07 Å². The molecule has 0 aliphatic heterocycles. The molecule has 1 aromatic carbocycles. The topological polar surface area (TPSA) is 63.8 Å². The number of hydrogen-bond donors (Lipinski definition) is 2. The van der Waals surface area contributed by atoms with Gasteiger partial charge in [-0.15, -0.1) is 0 Å². The van der Waals surface area contributed by atoms with Crippen LogP contribution in [0, 0.1) is 5.82 Å². The predicted octanol–water partition coefficient (Wildman–Crippen LogP) is 1.36. The molecule has 1 atom stereocenters. The van der Waals surface area contributed by atoms with Crippen molar-refractivity contribution in [1.29, 1.82) is 0 Å². The van der Waals surface area contributed by atoms with Gasteiger partial charge in [-0.05, 0) is 24.1 Å². The van der Waals surface area contributed by atoms with E-state index < -0.39 is 0 Å². The number of nitrogens with two attached hydrogens (primary N) is 1. The average molecular weight is 232 g/mol. The Labute approximate surface area is 98.7 Å². The number of rotatable bonds is 4. The summed E-state index contributed by atoms with van der Waals surface area (Å²) in [6, 6.07) is 6.32. The fraction of sp³-hybridized carbons (Fsp3) is 0.167. The molecule has 5 heteroatoms. The van der Waals surface area contributed by atoms with Crippen molar-refractivity contribution < 1.29 is 4.39 Å². The molecule has 0 saturated heterocycles. The van der Waals surface area contributed by atoms with Crippen LogP contribution in [0.15, 0.2) is 43.0 Å². The fourth-order valence-electron chi connectivity index (χ4n) is 1.66. The molecule has 88 valence electrons. The average Bonchev–Trinajstić information content (AvgIpc) is 2.37. The van der Waals surface area contributed by atoms with Crippen molar-refractivity contribution >= 4 is 0 Å². The van der Waals surface area contributed by atoms with Crippen LogP contribution < -0.4 is 11.3 Å². The van der Waals surface area contributed by atoms with Crippen molar-refractivity contribution in [1.82, 2.24) is 15.4 Å². The highest BCUT2D eigenvalue weighted by atomic mass is 19.1. The third-order valence-electron chi connectivity index (χ3n) is 2.51. The van der Waals surface area contributed by atoms with Gasteiger partial charge in [0.2, 0.25) is 0 Å². The van der Waals surface area contributed by atoms with E-state index in [0.717, 1.165) is 11.1 Å². The second-order valence-corrected chi connectivity index (χ2v) is 3.73. The Morgan fingerprint density at radius 3 is 2.71 bits per heavy atom. The Balaban J connectivity index is 2.16. The van der Waals surface area contributed by atoms with Crippen molar-refractivity contribution in [2.24, 2.45) is 5.84 Å². The number of nitrogens with one attached hydrogen (secondary N) is 1. The van der Waals surface area contributed by atoms with Gasteiger partial charge in [-0.25, -0.2) is 14.4 Å². The SMILES string of the molecule is NNC(Cc1cccc(F)c1)c1cncnc1. The van der Waals surface area contributed by atoms with Gasteiger partial charge in [-0.2, -0.15) is 0 Å². The molecule has 1 aromatic heterocycles. The molecule has 17 heavy (non-hydrogen) atoms. The summed E-state index contributed by atoms with van der Waals surface area (Å²) in [5.74, 6) is 5.24. The maximum Gasteiger partial charge on any atom is 0.123 e. The lowest BCUT2D eigenvalue weighted by molar-refractivity contribution is 0.545. The second-order valence-electron chi connectivity index (χ2n) is 3.73. The molecule has 0 fully saturated rings. The van der Waals surface area contributed by atoms with E-state index in [1.165, 1.54) is 18.5 Å². The van der Waals surface area contributed by atoms with E-state index in [9.17, 15) is 4.39 Å². The molecular weight excluding hydrogens is 219 g/mol. The summed E-state index contributed by atoms with van der Waals surface area (Å²) in [4.78, 5) is 7.86. The highest BCUT2D eigenvalue weighted by molar-refractivity contribution is 5.20. The summed E-state index contributed by atoms with van der Waals surface area (Å²) in [5, 5.41) is 0. The first-order valence-corrected chi connectivity index (χ1v) is 5.25. The van der Waals surface area contributed by atoms with Gasteiger partial charge in [0.25, 0.3) is 0 Å². The van der Waals surface area contributed by atoms with E-state index >= 15 is 0 Å². The zero-order valence-corrected chi connectivity index (χ0v) is 9.18. The van der Waals surface area contributed by atoms with Gasteiger partial charge in [0.15, 0.2) is 0 Å². The van der Waals surface area contributed by atoms with Crippen molar-refractivity contribution in [3.05, 3.63) is 59.9 Å². The van der Waals surface area contributed by atoms with Gasteiger partial charge in [0.05, 0.1) is 6.04 Å². The van der Waals surface area contributed by atoms with Crippen molar-refractivity contribution in [3.8, 4) is 0 Å². The molecule has 0 amide bonds. The monoisotopic (exact) mass is 232 g/mol. The first-order chi connectivity index (χ1) is 8.29. The van der Waals surface area contributed by atoms with Crippen LogP contribution in [-0.2, 0) is 6.42 Å². The van der Waals surface area contributed by atoms with Crippen LogP contribution in [0.3, 0.4) is 0 Å². The molecule has 0 radical (unpaired) electrons. The van der Waals surface area contributed by atoms with Crippen LogP contribution in [0.1, 0.15) is 17.2 Å². The highest BCUT2D eigenvalue weighted by Crippen LogP contribution is 2.16. The van der Waals surface area contributed by atoms with Gasteiger partial charge in [-0.3, -0.25) is 11.3 Å². The minimum absolute atomic E-state index is 0.127. The molecule has 0 aliphatic carbocycles. The summed E-state index contributed by atoms with van der Waals surface area (Å²) < 4.78 is 13.0. The van der Waals surface area contributed by atoms with Gasteiger partial charge in [-0.1, -0.05) is 12.1 Å². The lowest BCUT2D eigenvalue weighted by Gasteiger charge is -2.15. The molecule has 1 unspecified atom stereocenters. The predicted molar refractivity (Wildman–Crippen MR) is 62.2 cm³/mol. The first-order valence-electron chi connectivity index (χ1n) is 5.25. The maximum absolute atomic E-state index is 13.0. The van der Waals surface area contributed by atoms with Crippen molar-refractivity contribution in [3.63, 3.8) is 0 Å². The lowest BCUT2D eigenvalue weighted by atomic mass is 10.0. The Bertz CT molecular complexity index is 475. The normalized spacial score (nSPS) is 12.4. The Morgan fingerprint density at radius 1 is 1.29 bits per heavy atom. The lowest BCUT2D eigenvalue weighted by Crippen LogP contribution is -2.29. The molecule has 0 bridgehead atoms. The molecule has 0 spiro atoms. The molecule has 1 heterocycles. The molecule has 4 nitrogen and oxygen atoms in total. The van der Waals surface area contributed by atoms with E-state index in [0.29, 0.717) is 6.42 Å². The number of hydrogen-bond acceptors (Lipinski definition) is 4. The summed E-state index contributed by atoms with van der Waals surface area (Å²) in [6.45, 7) is 0. The second kappa shape index (κ2) is 5.47. The minimum atomic E-state index is -0.248. The largest absolute Gasteiger partial charge is 0.271 e. The number of hydrazine groups is 1. The Morgan fingerprint density at radius 2 is 2.06 bits per heavy atom. The Kier molecular flexibility index (Phi) is 3.74. The number of benzene rings is 1. The maximum atomic E-state index is 13.0. The smallest absolute Gasteiger partial charge is 0.123 e. The Hall–Kier alpha value is -1.85. The molecule has 0 saturated carbocycles. The first kappa shape index (κ1) is 11.6. The minimum Gasteiger partial charge on any atom is -0.271 e. The summed E-state index contributed by atoms with van der Waals surface area (Å²) in [6.07, 6.45) is 5.43. The number of aromatic nitrogens is 2. The van der Waals surface area contributed by atoms with Crippen LogP contribution in [0.2, 0.25) is 0 Å². The number of nitrogens with zero attached hydrogens (tertiary/aromatic N) is 2. The quantitative estimate of drug-likeness (QED) is 0.617. The third kappa shape index (κ3) is 3.05. The van der Waals surface area contributed by atoms with E-state index in [1.54, 1.807) is 18.5 Å². The highest BCUT2D eigenvalue weighted by Gasteiger charge is 2.11. The zero-order chi connectivity index (χ0) is 12.1. The third-order valence-corrected chi connectivity index (χ3v) is 2.51. The molecular formula is C12H13FN4.